The van der Waals surface area contributed by atoms with E-state index in [4.69, 9.17) is 4.74 Å². The summed E-state index contributed by atoms with van der Waals surface area (Å²) in [6.07, 6.45) is 5.47. The van der Waals surface area contributed by atoms with Gasteiger partial charge < -0.3 is 10.1 Å². The van der Waals surface area contributed by atoms with Crippen molar-refractivity contribution >= 4 is 27.3 Å². The Morgan fingerprint density at radius 3 is 2.78 bits per heavy atom. The number of thiophene rings is 1. The maximum Gasteiger partial charge on any atom is 0.104 e. The Bertz CT molecular complexity index is 402. The van der Waals surface area contributed by atoms with E-state index >= 15 is 0 Å². The zero-order chi connectivity index (χ0) is 12.6. The zero-order valence-corrected chi connectivity index (χ0v) is 13.1. The molecule has 1 N–H and O–H groups in total. The summed E-state index contributed by atoms with van der Waals surface area (Å²) in [5, 5.41) is 5.91. The van der Waals surface area contributed by atoms with E-state index in [2.05, 4.69) is 39.6 Å². The van der Waals surface area contributed by atoms with Crippen LogP contribution in [0.3, 0.4) is 0 Å². The molecule has 1 atom stereocenters. The summed E-state index contributed by atoms with van der Waals surface area (Å²) in [7, 11) is 0. The second-order valence-electron chi connectivity index (χ2n) is 5.81. The molecule has 1 aliphatic heterocycles. The van der Waals surface area contributed by atoms with Gasteiger partial charge in [-0.1, -0.05) is 6.92 Å². The molecule has 0 aromatic carbocycles. The first-order chi connectivity index (χ1) is 8.67. The second kappa shape index (κ2) is 5.23. The van der Waals surface area contributed by atoms with Crippen molar-refractivity contribution in [3.05, 3.63) is 20.8 Å². The van der Waals surface area contributed by atoms with E-state index in [-0.39, 0.29) is 11.6 Å². The monoisotopic (exact) mass is 329 g/mol. The van der Waals surface area contributed by atoms with Crippen molar-refractivity contribution < 1.29 is 4.74 Å². The zero-order valence-electron chi connectivity index (χ0n) is 10.7. The molecule has 2 aliphatic rings. The molecule has 2 heterocycles. The number of rotatable bonds is 1. The first-order valence-corrected chi connectivity index (χ1v) is 8.45. The molecule has 4 heteroatoms. The predicted octanol–water partition coefficient (Wildman–Crippen LogP) is 4.12. The lowest BCUT2D eigenvalue weighted by molar-refractivity contribution is -0.0489. The Morgan fingerprint density at radius 2 is 2.22 bits per heavy atom. The van der Waals surface area contributed by atoms with Gasteiger partial charge in [0.15, 0.2) is 0 Å². The van der Waals surface area contributed by atoms with Crippen LogP contribution in [0, 0.1) is 5.92 Å². The average Bonchev–Trinajstić information content (AvgIpc) is 2.81. The highest BCUT2D eigenvalue weighted by Crippen LogP contribution is 2.37. The van der Waals surface area contributed by atoms with Crippen molar-refractivity contribution in [1.29, 1.82) is 0 Å². The number of ether oxygens (including phenoxy) is 1. The van der Waals surface area contributed by atoms with E-state index in [9.17, 15) is 0 Å². The Kier molecular flexibility index (Phi) is 3.81. The molecular formula is C14H20BrNOS. The van der Waals surface area contributed by atoms with Crippen LogP contribution < -0.4 is 5.32 Å². The summed E-state index contributed by atoms with van der Waals surface area (Å²) in [5.41, 5.74) is 0.275. The summed E-state index contributed by atoms with van der Waals surface area (Å²) >= 11 is 5.29. The van der Waals surface area contributed by atoms with Crippen LogP contribution in [-0.4, -0.2) is 18.7 Å². The molecule has 0 amide bonds. The third-order valence-corrected chi connectivity index (χ3v) is 6.15. The van der Waals surface area contributed by atoms with Crippen molar-refractivity contribution in [3.8, 4) is 0 Å². The normalized spacial score (nSPS) is 37.0. The number of hydrogen-bond donors (Lipinski definition) is 1. The van der Waals surface area contributed by atoms with E-state index in [0.29, 0.717) is 0 Å². The van der Waals surface area contributed by atoms with Gasteiger partial charge in [0, 0.05) is 26.8 Å². The lowest BCUT2D eigenvalue weighted by atomic mass is 9.77. The van der Waals surface area contributed by atoms with Gasteiger partial charge in [0.2, 0.25) is 0 Å². The molecule has 100 valence electrons. The van der Waals surface area contributed by atoms with Crippen LogP contribution in [0.1, 0.15) is 43.6 Å². The molecule has 1 aliphatic carbocycles. The van der Waals surface area contributed by atoms with Crippen LogP contribution in [0.25, 0.3) is 0 Å². The van der Waals surface area contributed by atoms with Crippen molar-refractivity contribution in [2.24, 2.45) is 5.92 Å². The minimum atomic E-state index is 0.242. The van der Waals surface area contributed by atoms with Crippen LogP contribution in [0.4, 0.5) is 0 Å². The van der Waals surface area contributed by atoms with Crippen LogP contribution in [-0.2, 0) is 4.74 Å². The largest absolute Gasteiger partial charge is 0.369 e. The summed E-state index contributed by atoms with van der Waals surface area (Å²) in [4.78, 5) is 1.33. The van der Waals surface area contributed by atoms with Crippen molar-refractivity contribution in [2.45, 2.75) is 44.2 Å². The average molecular weight is 330 g/mol. The molecule has 0 bridgehead atoms. The minimum absolute atomic E-state index is 0.242. The van der Waals surface area contributed by atoms with E-state index in [1.54, 1.807) is 11.3 Å². The molecule has 1 saturated carbocycles. The van der Waals surface area contributed by atoms with Gasteiger partial charge in [-0.2, -0.15) is 0 Å². The molecule has 2 nitrogen and oxygen atoms in total. The van der Waals surface area contributed by atoms with E-state index < -0.39 is 0 Å². The lowest BCUT2D eigenvalue weighted by Gasteiger charge is -2.45. The number of nitrogens with one attached hydrogen (secondary N) is 1. The molecule has 18 heavy (non-hydrogen) atoms. The third-order valence-electron chi connectivity index (χ3n) is 4.36. The minimum Gasteiger partial charge on any atom is -0.369 e. The highest BCUT2D eigenvalue weighted by molar-refractivity contribution is 9.10. The fourth-order valence-electron chi connectivity index (χ4n) is 2.99. The van der Waals surface area contributed by atoms with Crippen molar-refractivity contribution in [2.75, 3.05) is 13.2 Å². The van der Waals surface area contributed by atoms with Gasteiger partial charge in [-0.3, -0.25) is 0 Å². The van der Waals surface area contributed by atoms with Crippen LogP contribution in [0.15, 0.2) is 15.9 Å². The van der Waals surface area contributed by atoms with Crippen LogP contribution in [0.5, 0.6) is 0 Å². The Labute approximate surface area is 121 Å². The summed E-state index contributed by atoms with van der Waals surface area (Å²) in [6.45, 7) is 4.20. The van der Waals surface area contributed by atoms with Crippen LogP contribution in [0.2, 0.25) is 0 Å². The van der Waals surface area contributed by atoms with Crippen molar-refractivity contribution in [1.82, 2.24) is 5.32 Å². The van der Waals surface area contributed by atoms with Gasteiger partial charge in [0.25, 0.3) is 0 Å². The summed E-state index contributed by atoms with van der Waals surface area (Å²) < 4.78 is 7.30. The van der Waals surface area contributed by atoms with Crippen LogP contribution >= 0.6 is 27.3 Å². The Balaban J connectivity index is 1.61. The maximum absolute atomic E-state index is 6.13. The Morgan fingerprint density at radius 1 is 1.44 bits per heavy atom. The second-order valence-corrected chi connectivity index (χ2v) is 7.67. The molecule has 0 radical (unpaired) electrons. The standard InChI is InChI=1S/C14H20BrNOS/c1-10-2-4-14(5-3-10)9-17-12(7-16-14)13-6-11(15)8-18-13/h6,8,10,12,16H,2-5,7,9H2,1H3. The predicted molar refractivity (Wildman–Crippen MR) is 79.1 cm³/mol. The SMILES string of the molecule is CC1CCC2(CC1)COC(c1cc(Br)cs1)CN2. The number of halogens is 1. The quantitative estimate of drug-likeness (QED) is 0.836. The fourth-order valence-corrected chi connectivity index (χ4v) is 4.49. The highest BCUT2D eigenvalue weighted by atomic mass is 79.9. The maximum atomic E-state index is 6.13. The van der Waals surface area contributed by atoms with Gasteiger partial charge in [-0.25, -0.2) is 0 Å². The van der Waals surface area contributed by atoms with Crippen molar-refractivity contribution in [3.63, 3.8) is 0 Å². The summed E-state index contributed by atoms with van der Waals surface area (Å²) in [6, 6.07) is 2.18. The Hall–Kier alpha value is 0.1000. The first kappa shape index (κ1) is 13.1. The molecule has 1 spiro atoms. The molecule has 1 saturated heterocycles. The third kappa shape index (κ3) is 2.67. The number of morpholine rings is 1. The van der Waals surface area contributed by atoms with Gasteiger partial charge >= 0.3 is 0 Å². The van der Waals surface area contributed by atoms with Gasteiger partial charge in [0.1, 0.15) is 6.10 Å². The van der Waals surface area contributed by atoms with Gasteiger partial charge in [-0.15, -0.1) is 11.3 Å². The molecular weight excluding hydrogens is 310 g/mol. The number of hydrogen-bond acceptors (Lipinski definition) is 3. The first-order valence-electron chi connectivity index (χ1n) is 6.77. The smallest absolute Gasteiger partial charge is 0.104 e. The topological polar surface area (TPSA) is 21.3 Å². The van der Waals surface area contributed by atoms with E-state index in [0.717, 1.165) is 23.5 Å². The van der Waals surface area contributed by atoms with Gasteiger partial charge in [-0.05, 0) is 53.6 Å². The highest BCUT2D eigenvalue weighted by Gasteiger charge is 2.38. The summed E-state index contributed by atoms with van der Waals surface area (Å²) in [5.74, 6) is 0.892. The van der Waals surface area contributed by atoms with Gasteiger partial charge in [0.05, 0.1) is 6.61 Å². The fraction of sp³-hybridized carbons (Fsp3) is 0.714. The lowest BCUT2D eigenvalue weighted by Crippen LogP contribution is -2.56. The van der Waals surface area contributed by atoms with E-state index in [1.807, 2.05) is 0 Å². The molecule has 1 aromatic rings. The van der Waals surface area contributed by atoms with E-state index in [1.165, 1.54) is 30.6 Å². The molecule has 1 unspecified atom stereocenters. The molecule has 2 fully saturated rings. The molecule has 3 rings (SSSR count). The molecule has 1 aromatic heterocycles.